The van der Waals surface area contributed by atoms with Crippen LogP contribution < -0.4 is 5.32 Å². The number of nitrogens with one attached hydrogen (secondary N) is 1. The molecule has 4 heteroatoms. The first-order valence-electron chi connectivity index (χ1n) is 5.36. The van der Waals surface area contributed by atoms with Crippen LogP contribution in [0.1, 0.15) is 24.9 Å². The van der Waals surface area contributed by atoms with E-state index in [0.29, 0.717) is 5.56 Å². The molecule has 0 aliphatic heterocycles. The number of thioether (sulfide) groups is 1. The molecule has 1 aromatic rings. The number of hydrogen-bond donors (Lipinski definition) is 1. The molecule has 0 saturated carbocycles. The molecule has 1 N–H and O–H groups in total. The minimum Gasteiger partial charge on any atom is -0.309 e. The van der Waals surface area contributed by atoms with E-state index in [9.17, 15) is 8.78 Å². The van der Waals surface area contributed by atoms with Gasteiger partial charge in [0.1, 0.15) is 11.6 Å². The van der Waals surface area contributed by atoms with Crippen molar-refractivity contribution in [3.05, 3.63) is 35.4 Å². The van der Waals surface area contributed by atoms with Gasteiger partial charge in [-0.2, -0.15) is 11.8 Å². The summed E-state index contributed by atoms with van der Waals surface area (Å²) in [6.07, 6.45) is 2.76. The van der Waals surface area contributed by atoms with Crippen LogP contribution in [-0.4, -0.2) is 18.6 Å². The van der Waals surface area contributed by atoms with E-state index in [4.69, 9.17) is 0 Å². The zero-order chi connectivity index (χ0) is 12.0. The van der Waals surface area contributed by atoms with Gasteiger partial charge < -0.3 is 5.32 Å². The first-order valence-corrected chi connectivity index (χ1v) is 6.75. The smallest absolute Gasteiger partial charge is 0.128 e. The second-order valence-electron chi connectivity index (χ2n) is 3.57. The van der Waals surface area contributed by atoms with E-state index in [1.165, 1.54) is 12.1 Å². The van der Waals surface area contributed by atoms with Crippen LogP contribution >= 0.6 is 11.8 Å². The van der Waals surface area contributed by atoms with Gasteiger partial charge in [-0.25, -0.2) is 8.78 Å². The molecule has 0 aromatic heterocycles. The maximum absolute atomic E-state index is 13.5. The van der Waals surface area contributed by atoms with Crippen molar-refractivity contribution in [2.45, 2.75) is 19.4 Å². The molecule has 90 valence electrons. The molecular weight excluding hydrogens is 228 g/mol. The third-order valence-corrected chi connectivity index (χ3v) is 3.05. The summed E-state index contributed by atoms with van der Waals surface area (Å²) in [4.78, 5) is 0. The van der Waals surface area contributed by atoms with Crippen LogP contribution in [-0.2, 0) is 0 Å². The summed E-state index contributed by atoms with van der Waals surface area (Å²) in [5, 5.41) is 3.23. The van der Waals surface area contributed by atoms with Crippen molar-refractivity contribution >= 4 is 11.8 Å². The molecule has 0 heterocycles. The van der Waals surface area contributed by atoms with E-state index in [1.807, 2.05) is 13.2 Å². The van der Waals surface area contributed by atoms with Crippen LogP contribution in [0.2, 0.25) is 0 Å². The van der Waals surface area contributed by atoms with E-state index in [1.54, 1.807) is 11.8 Å². The standard InChI is InChI=1S/C12H17F2NS/c1-3-12(15-6-7-16-2)10-8-9(13)4-5-11(10)14/h4-5,8,12,15H,3,6-7H2,1-2H3. The summed E-state index contributed by atoms with van der Waals surface area (Å²) in [5.74, 6) is 0.236. The zero-order valence-electron chi connectivity index (χ0n) is 9.59. The van der Waals surface area contributed by atoms with Crippen molar-refractivity contribution in [3.8, 4) is 0 Å². The summed E-state index contributed by atoms with van der Waals surface area (Å²) < 4.78 is 26.5. The van der Waals surface area contributed by atoms with Gasteiger partial charge in [-0.3, -0.25) is 0 Å². The van der Waals surface area contributed by atoms with Gasteiger partial charge >= 0.3 is 0 Å². The highest BCUT2D eigenvalue weighted by molar-refractivity contribution is 7.98. The molecule has 0 bridgehead atoms. The van der Waals surface area contributed by atoms with Gasteiger partial charge in [0.05, 0.1) is 0 Å². The number of halogens is 2. The lowest BCUT2D eigenvalue weighted by Gasteiger charge is -2.17. The monoisotopic (exact) mass is 245 g/mol. The van der Waals surface area contributed by atoms with E-state index in [2.05, 4.69) is 5.32 Å². The summed E-state index contributed by atoms with van der Waals surface area (Å²) in [5.41, 5.74) is 0.420. The number of hydrogen-bond acceptors (Lipinski definition) is 2. The molecule has 1 atom stereocenters. The average Bonchev–Trinajstić information content (AvgIpc) is 2.28. The van der Waals surface area contributed by atoms with Crippen molar-refractivity contribution in [1.82, 2.24) is 5.32 Å². The van der Waals surface area contributed by atoms with Crippen LogP contribution in [0.3, 0.4) is 0 Å². The summed E-state index contributed by atoms with van der Waals surface area (Å²) in [6.45, 7) is 2.76. The molecule has 1 rings (SSSR count). The molecule has 1 nitrogen and oxygen atoms in total. The highest BCUT2D eigenvalue weighted by Crippen LogP contribution is 2.20. The Morgan fingerprint density at radius 2 is 2.12 bits per heavy atom. The molecule has 0 aliphatic rings. The molecule has 1 aromatic carbocycles. The van der Waals surface area contributed by atoms with Crippen LogP contribution in [0.15, 0.2) is 18.2 Å². The zero-order valence-corrected chi connectivity index (χ0v) is 10.4. The Balaban J connectivity index is 2.73. The minimum atomic E-state index is -0.387. The SMILES string of the molecule is CCC(NCCSC)c1cc(F)ccc1F. The van der Waals surface area contributed by atoms with Gasteiger partial charge in [0, 0.05) is 23.9 Å². The minimum absolute atomic E-state index is 0.108. The molecule has 16 heavy (non-hydrogen) atoms. The van der Waals surface area contributed by atoms with Crippen molar-refractivity contribution in [2.24, 2.45) is 0 Å². The number of rotatable bonds is 6. The molecule has 0 spiro atoms. The second kappa shape index (κ2) is 6.86. The molecule has 0 fully saturated rings. The number of benzene rings is 1. The Bertz CT molecular complexity index is 331. The van der Waals surface area contributed by atoms with Crippen molar-refractivity contribution < 1.29 is 8.78 Å². The fraction of sp³-hybridized carbons (Fsp3) is 0.500. The van der Waals surface area contributed by atoms with E-state index in [-0.39, 0.29) is 17.7 Å². The van der Waals surface area contributed by atoms with Gasteiger partial charge in [-0.1, -0.05) is 6.92 Å². The lowest BCUT2D eigenvalue weighted by atomic mass is 10.0. The summed E-state index contributed by atoms with van der Waals surface area (Å²) >= 11 is 1.73. The van der Waals surface area contributed by atoms with E-state index >= 15 is 0 Å². The van der Waals surface area contributed by atoms with Gasteiger partial charge in [0.2, 0.25) is 0 Å². The predicted octanol–water partition coefficient (Wildman–Crippen LogP) is 3.37. The molecule has 1 unspecified atom stereocenters. The third kappa shape index (κ3) is 3.76. The van der Waals surface area contributed by atoms with E-state index in [0.717, 1.165) is 24.8 Å². The fourth-order valence-electron chi connectivity index (χ4n) is 1.59. The molecule has 0 saturated heterocycles. The first kappa shape index (κ1) is 13.5. The van der Waals surface area contributed by atoms with Gasteiger partial charge in [-0.15, -0.1) is 0 Å². The van der Waals surface area contributed by atoms with Crippen molar-refractivity contribution in [3.63, 3.8) is 0 Å². The van der Waals surface area contributed by atoms with Crippen molar-refractivity contribution in [2.75, 3.05) is 18.6 Å². The molecular formula is C12H17F2NS. The average molecular weight is 245 g/mol. The van der Waals surface area contributed by atoms with Gasteiger partial charge in [-0.05, 0) is 30.9 Å². The third-order valence-electron chi connectivity index (χ3n) is 2.44. The largest absolute Gasteiger partial charge is 0.309 e. The van der Waals surface area contributed by atoms with Crippen LogP contribution in [0, 0.1) is 11.6 Å². The second-order valence-corrected chi connectivity index (χ2v) is 4.56. The Labute approximate surface area is 99.6 Å². The molecule has 0 radical (unpaired) electrons. The summed E-state index contributed by atoms with van der Waals surface area (Å²) in [7, 11) is 0. The van der Waals surface area contributed by atoms with Gasteiger partial charge in [0.25, 0.3) is 0 Å². The first-order chi connectivity index (χ1) is 7.69. The van der Waals surface area contributed by atoms with Crippen LogP contribution in [0.5, 0.6) is 0 Å². The molecule has 0 amide bonds. The quantitative estimate of drug-likeness (QED) is 0.771. The Hall–Kier alpha value is -0.610. The Morgan fingerprint density at radius 3 is 2.75 bits per heavy atom. The lowest BCUT2D eigenvalue weighted by Crippen LogP contribution is -2.24. The lowest BCUT2D eigenvalue weighted by molar-refractivity contribution is 0.495. The van der Waals surface area contributed by atoms with E-state index < -0.39 is 0 Å². The van der Waals surface area contributed by atoms with Gasteiger partial charge in [0.15, 0.2) is 0 Å². The molecule has 0 aliphatic carbocycles. The fourth-order valence-corrected chi connectivity index (χ4v) is 1.91. The van der Waals surface area contributed by atoms with Crippen LogP contribution in [0.25, 0.3) is 0 Å². The predicted molar refractivity (Wildman–Crippen MR) is 65.8 cm³/mol. The maximum Gasteiger partial charge on any atom is 0.128 e. The van der Waals surface area contributed by atoms with Crippen LogP contribution in [0.4, 0.5) is 8.78 Å². The Kier molecular flexibility index (Phi) is 5.77. The summed E-state index contributed by atoms with van der Waals surface area (Å²) in [6, 6.07) is 3.50. The highest BCUT2D eigenvalue weighted by atomic mass is 32.2. The normalized spacial score (nSPS) is 12.8. The Morgan fingerprint density at radius 1 is 1.38 bits per heavy atom. The topological polar surface area (TPSA) is 12.0 Å². The van der Waals surface area contributed by atoms with Crippen molar-refractivity contribution in [1.29, 1.82) is 0 Å². The highest BCUT2D eigenvalue weighted by Gasteiger charge is 2.13. The maximum atomic E-state index is 13.5.